The van der Waals surface area contributed by atoms with Crippen LogP contribution in [0.4, 0.5) is 0 Å². The fourth-order valence-corrected chi connectivity index (χ4v) is 4.32. The van der Waals surface area contributed by atoms with Gasteiger partial charge in [0.05, 0.1) is 5.92 Å². The predicted molar refractivity (Wildman–Crippen MR) is 181 cm³/mol. The Bertz CT molecular complexity index is 933. The summed E-state index contributed by atoms with van der Waals surface area (Å²) >= 11 is 0. The number of allylic oxidation sites excluding steroid dienone is 3. The Morgan fingerprint density at radius 1 is 1.00 bits per heavy atom. The molecule has 0 bridgehead atoms. The molecule has 1 aliphatic carbocycles. The van der Waals surface area contributed by atoms with Crippen LogP contribution < -0.4 is 21.3 Å². The normalized spacial score (nSPS) is 18.6. The Kier molecular flexibility index (Phi) is 29.9. The maximum absolute atomic E-state index is 11.8. The number of rotatable bonds is 17. The molecule has 1 atom stereocenters. The second kappa shape index (κ2) is 31.1. The summed E-state index contributed by atoms with van der Waals surface area (Å²) < 4.78 is 0. The van der Waals surface area contributed by atoms with Gasteiger partial charge in [0.15, 0.2) is 0 Å². The van der Waals surface area contributed by atoms with Gasteiger partial charge in [-0.25, -0.2) is 0 Å². The van der Waals surface area contributed by atoms with E-state index in [1.165, 1.54) is 0 Å². The number of aldehydes is 1. The van der Waals surface area contributed by atoms with Crippen molar-refractivity contribution in [1.29, 1.82) is 0 Å². The third kappa shape index (κ3) is 26.5. The van der Waals surface area contributed by atoms with Crippen molar-refractivity contribution in [2.24, 2.45) is 16.8 Å². The first-order valence-corrected chi connectivity index (χ1v) is 16.1. The molecule has 2 rings (SSSR count). The molecule has 46 heavy (non-hydrogen) atoms. The van der Waals surface area contributed by atoms with Crippen LogP contribution in [-0.4, -0.2) is 106 Å². The first-order chi connectivity index (χ1) is 22.1. The largest absolute Gasteiger partial charge is 0.481 e. The standard InChI is InChI=1S/C16H28N2O4.C6H9NO2.C6H9N.C5H12N2O/c1-2-3-11-17-14(19)5-4-6-15(20)18-13-9-7-12(8-10-13)16(21)22;1-7-3-5(4-8)2-6(7)9;1-3-4-5-6-7-2;1-6-3-2-4-7-5-8/h12-13H,2-11H2,1H3,(H,17,19)(H,18,20)(H,21,22);4-5H,2-3H2,1H3;3-6H,1H2,2H3;5-6H,2-4H2,1H3,(H,7,8)/b;;5-4-,7-6?;. The van der Waals surface area contributed by atoms with Crippen LogP contribution in [0, 0.1) is 11.8 Å². The molecule has 0 aromatic carbocycles. The van der Waals surface area contributed by atoms with Crippen molar-refractivity contribution >= 4 is 42.6 Å². The lowest BCUT2D eigenvalue weighted by molar-refractivity contribution is -0.143. The molecule has 5 N–H and O–H groups in total. The molecule has 1 saturated carbocycles. The van der Waals surface area contributed by atoms with Crippen LogP contribution in [0.2, 0.25) is 0 Å². The number of nitrogens with zero attached hydrogens (tertiary/aromatic N) is 2. The van der Waals surface area contributed by atoms with Crippen molar-refractivity contribution in [2.75, 3.05) is 47.3 Å². The average molecular weight is 651 g/mol. The van der Waals surface area contributed by atoms with Crippen molar-refractivity contribution < 1.29 is 33.9 Å². The lowest BCUT2D eigenvalue weighted by Crippen LogP contribution is -2.38. The summed E-state index contributed by atoms with van der Waals surface area (Å²) in [6.07, 6.45) is 16.0. The van der Waals surface area contributed by atoms with Crippen LogP contribution in [0.3, 0.4) is 0 Å². The Hall–Kier alpha value is -3.87. The summed E-state index contributed by atoms with van der Waals surface area (Å²) in [7, 11) is 5.33. The molecule has 1 aliphatic heterocycles. The van der Waals surface area contributed by atoms with Crippen molar-refractivity contribution in [1.82, 2.24) is 26.2 Å². The third-order valence-electron chi connectivity index (χ3n) is 6.98. The van der Waals surface area contributed by atoms with E-state index >= 15 is 0 Å². The number of hydrogen-bond acceptors (Lipinski definition) is 8. The average Bonchev–Trinajstić information content (AvgIpc) is 3.37. The van der Waals surface area contributed by atoms with E-state index < -0.39 is 5.97 Å². The minimum absolute atomic E-state index is 0.00298. The van der Waals surface area contributed by atoms with E-state index in [1.807, 2.05) is 19.2 Å². The molecule has 13 nitrogen and oxygen atoms in total. The van der Waals surface area contributed by atoms with Crippen LogP contribution >= 0.6 is 0 Å². The number of carboxylic acids is 1. The van der Waals surface area contributed by atoms with Crippen molar-refractivity contribution in [3.05, 3.63) is 24.8 Å². The highest BCUT2D eigenvalue weighted by Gasteiger charge is 2.27. The molecule has 0 aromatic heterocycles. The number of carbonyl (C=O) groups is 6. The van der Waals surface area contributed by atoms with Gasteiger partial charge in [0, 0.05) is 71.2 Å². The third-order valence-corrected chi connectivity index (χ3v) is 6.98. The number of aliphatic carboxylic acids is 1. The van der Waals surface area contributed by atoms with Crippen LogP contribution in [0.15, 0.2) is 29.8 Å². The van der Waals surface area contributed by atoms with Crippen molar-refractivity contribution in [3.8, 4) is 0 Å². The second-order valence-electron chi connectivity index (χ2n) is 10.9. The number of nitrogens with one attached hydrogen (secondary N) is 4. The summed E-state index contributed by atoms with van der Waals surface area (Å²) in [5.41, 5.74) is 0. The van der Waals surface area contributed by atoms with Crippen LogP contribution in [-0.2, 0) is 28.8 Å². The molecule has 0 aromatic rings. The number of carbonyl (C=O) groups excluding carboxylic acids is 5. The molecular formula is C33H58N6O7. The molecule has 2 aliphatic rings. The summed E-state index contributed by atoms with van der Waals surface area (Å²) in [6, 6.07) is 0.0847. The lowest BCUT2D eigenvalue weighted by atomic mass is 9.86. The molecule has 2 fully saturated rings. The van der Waals surface area contributed by atoms with Crippen molar-refractivity contribution in [3.63, 3.8) is 0 Å². The Morgan fingerprint density at radius 2 is 1.67 bits per heavy atom. The molecule has 262 valence electrons. The predicted octanol–water partition coefficient (Wildman–Crippen LogP) is 2.27. The van der Waals surface area contributed by atoms with Gasteiger partial charge in [-0.05, 0) is 64.6 Å². The molecule has 0 spiro atoms. The quantitative estimate of drug-likeness (QED) is 0.0687. The van der Waals surface area contributed by atoms with E-state index in [-0.39, 0.29) is 35.6 Å². The fourth-order valence-electron chi connectivity index (χ4n) is 4.32. The molecular weight excluding hydrogens is 592 g/mol. The molecule has 13 heteroatoms. The Balaban J connectivity index is 0. The highest BCUT2D eigenvalue weighted by atomic mass is 16.4. The molecule has 0 radical (unpaired) electrons. The number of carboxylic acid groups (broad SMARTS) is 1. The Labute approximate surface area is 275 Å². The molecule has 1 saturated heterocycles. The van der Waals surface area contributed by atoms with Gasteiger partial charge in [0.2, 0.25) is 24.1 Å². The van der Waals surface area contributed by atoms with E-state index in [4.69, 9.17) is 5.11 Å². The fraction of sp³-hybridized carbons (Fsp3) is 0.667. The minimum Gasteiger partial charge on any atom is -0.481 e. The lowest BCUT2D eigenvalue weighted by Gasteiger charge is -2.26. The van der Waals surface area contributed by atoms with Crippen molar-refractivity contribution in [2.45, 2.75) is 83.6 Å². The van der Waals surface area contributed by atoms with E-state index in [2.05, 4.69) is 39.8 Å². The van der Waals surface area contributed by atoms with Gasteiger partial charge in [0.25, 0.3) is 0 Å². The van der Waals surface area contributed by atoms with E-state index in [0.717, 1.165) is 57.9 Å². The topological polar surface area (TPSA) is 186 Å². The zero-order valence-electron chi connectivity index (χ0n) is 28.3. The van der Waals surface area contributed by atoms with Gasteiger partial charge in [-0.2, -0.15) is 0 Å². The van der Waals surface area contributed by atoms with Gasteiger partial charge < -0.3 is 36.1 Å². The first kappa shape index (κ1) is 44.3. The van der Waals surface area contributed by atoms with E-state index in [0.29, 0.717) is 51.6 Å². The summed E-state index contributed by atoms with van der Waals surface area (Å²) in [6.45, 7) is 8.58. The molecule has 4 amide bonds. The van der Waals surface area contributed by atoms with Crippen LogP contribution in [0.25, 0.3) is 0 Å². The molecule has 1 unspecified atom stereocenters. The smallest absolute Gasteiger partial charge is 0.306 e. The number of hydrogen-bond donors (Lipinski definition) is 5. The monoisotopic (exact) mass is 650 g/mol. The Morgan fingerprint density at radius 3 is 2.15 bits per heavy atom. The van der Waals surface area contributed by atoms with Gasteiger partial charge >= 0.3 is 5.97 Å². The number of amides is 4. The van der Waals surface area contributed by atoms with Gasteiger partial charge in [-0.3, -0.25) is 29.0 Å². The summed E-state index contributed by atoms with van der Waals surface area (Å²) in [5, 5.41) is 20.2. The van der Waals surface area contributed by atoms with Gasteiger partial charge in [-0.1, -0.05) is 32.1 Å². The highest BCUT2D eigenvalue weighted by molar-refractivity contribution is 5.82. The number of unbranched alkanes of at least 4 members (excludes halogenated alkanes) is 1. The summed E-state index contributed by atoms with van der Waals surface area (Å²) in [4.78, 5) is 69.9. The van der Waals surface area contributed by atoms with Gasteiger partial charge in [0.1, 0.15) is 6.29 Å². The zero-order valence-corrected chi connectivity index (χ0v) is 28.3. The number of likely N-dealkylation sites (tertiary alicyclic amines) is 1. The maximum atomic E-state index is 11.8. The SMILES string of the molecule is C=C/C=C\C=NC.CCCCNC(=O)CCCC(=O)NC1CCC(C(=O)O)CC1.CN1CC(C=O)CC1=O.CNCCCNC=O. The minimum atomic E-state index is -0.737. The van der Waals surface area contributed by atoms with Gasteiger partial charge in [-0.15, -0.1) is 0 Å². The van der Waals surface area contributed by atoms with Crippen LogP contribution in [0.5, 0.6) is 0 Å². The van der Waals surface area contributed by atoms with E-state index in [9.17, 15) is 28.8 Å². The second-order valence-corrected chi connectivity index (χ2v) is 10.9. The van der Waals surface area contributed by atoms with Crippen LogP contribution in [0.1, 0.15) is 77.6 Å². The maximum Gasteiger partial charge on any atom is 0.306 e. The number of aliphatic imine (C=N–C) groups is 1. The highest BCUT2D eigenvalue weighted by Crippen LogP contribution is 2.24. The molecule has 1 heterocycles. The van der Waals surface area contributed by atoms with E-state index in [1.54, 1.807) is 31.3 Å². The zero-order chi connectivity index (χ0) is 35.0. The first-order valence-electron chi connectivity index (χ1n) is 16.1. The summed E-state index contributed by atoms with van der Waals surface area (Å²) in [5.74, 6) is -1.02.